The third-order valence-electron chi connectivity index (χ3n) is 7.46. The highest BCUT2D eigenvalue weighted by Crippen LogP contribution is 2.65. The van der Waals surface area contributed by atoms with Crippen LogP contribution in [-0.4, -0.2) is 35.2 Å². The SMILES string of the molecule is O=C(Nc1ccc2c(c1)OCO2)C1C(c2ccc(Cl)cc2)OC23C(=O)c4ccccc4C2(O)OC(=O)C13. The Morgan fingerprint density at radius 2 is 1.76 bits per heavy atom. The summed E-state index contributed by atoms with van der Waals surface area (Å²) < 4.78 is 22.5. The van der Waals surface area contributed by atoms with Crippen LogP contribution < -0.4 is 14.8 Å². The van der Waals surface area contributed by atoms with Crippen LogP contribution in [0.3, 0.4) is 0 Å². The molecule has 5 unspecified atom stereocenters. The minimum atomic E-state index is -2.37. The van der Waals surface area contributed by atoms with Crippen LogP contribution in [0.5, 0.6) is 11.5 Å². The molecule has 3 aromatic carbocycles. The van der Waals surface area contributed by atoms with Gasteiger partial charge in [0.1, 0.15) is 5.92 Å². The van der Waals surface area contributed by atoms with Crippen molar-refractivity contribution >= 4 is 34.9 Å². The Morgan fingerprint density at radius 1 is 1.00 bits per heavy atom. The van der Waals surface area contributed by atoms with Crippen molar-refractivity contribution in [1.29, 1.82) is 0 Å². The molecule has 10 heteroatoms. The van der Waals surface area contributed by atoms with Gasteiger partial charge in [-0.25, -0.2) is 0 Å². The number of rotatable bonds is 3. The number of aliphatic hydroxyl groups is 1. The summed E-state index contributed by atoms with van der Waals surface area (Å²) in [5.74, 6) is -6.10. The molecule has 1 amide bonds. The van der Waals surface area contributed by atoms with Gasteiger partial charge in [0.15, 0.2) is 11.5 Å². The molecule has 3 aromatic rings. The number of ketones is 1. The Labute approximate surface area is 214 Å². The van der Waals surface area contributed by atoms with Gasteiger partial charge in [-0.2, -0.15) is 0 Å². The number of carbonyl (C=O) groups is 3. The van der Waals surface area contributed by atoms with E-state index in [2.05, 4.69) is 5.32 Å². The molecule has 37 heavy (non-hydrogen) atoms. The molecule has 0 radical (unpaired) electrons. The number of hydrogen-bond acceptors (Lipinski definition) is 8. The highest BCUT2D eigenvalue weighted by atomic mass is 35.5. The first kappa shape index (κ1) is 22.3. The fourth-order valence-corrected chi connectivity index (χ4v) is 5.99. The van der Waals surface area contributed by atoms with Crippen molar-refractivity contribution in [2.24, 2.45) is 11.8 Å². The van der Waals surface area contributed by atoms with Gasteiger partial charge in [-0.15, -0.1) is 0 Å². The molecular formula is C27H18ClNO8. The molecule has 186 valence electrons. The highest BCUT2D eigenvalue weighted by Gasteiger charge is 2.83. The molecule has 2 N–H and O–H groups in total. The molecule has 3 aliphatic heterocycles. The van der Waals surface area contributed by atoms with Gasteiger partial charge in [0.25, 0.3) is 5.79 Å². The van der Waals surface area contributed by atoms with Crippen LogP contribution in [-0.2, 0) is 24.8 Å². The van der Waals surface area contributed by atoms with E-state index in [1.165, 1.54) is 12.1 Å². The number of fused-ring (bicyclic) bond motifs is 3. The molecule has 2 fully saturated rings. The number of carbonyl (C=O) groups excluding carboxylic acids is 3. The molecule has 4 aliphatic rings. The lowest BCUT2D eigenvalue weighted by Gasteiger charge is -2.31. The predicted octanol–water partition coefficient (Wildman–Crippen LogP) is 3.35. The van der Waals surface area contributed by atoms with Crippen molar-refractivity contribution in [2.45, 2.75) is 17.5 Å². The van der Waals surface area contributed by atoms with Gasteiger partial charge in [0.05, 0.1) is 12.0 Å². The van der Waals surface area contributed by atoms with Crippen molar-refractivity contribution < 1.29 is 38.4 Å². The zero-order valence-corrected chi connectivity index (χ0v) is 19.7. The van der Waals surface area contributed by atoms with E-state index < -0.39 is 47.0 Å². The maximum Gasteiger partial charge on any atom is 0.316 e. The number of Topliss-reactive ketones (excluding diaryl/α,β-unsaturated/α-hetero) is 1. The Kier molecular flexibility index (Phi) is 4.55. The molecule has 5 atom stereocenters. The van der Waals surface area contributed by atoms with Crippen LogP contribution in [0.15, 0.2) is 66.7 Å². The Bertz CT molecular complexity index is 1510. The van der Waals surface area contributed by atoms with E-state index in [-0.39, 0.29) is 17.9 Å². The molecule has 1 spiro atoms. The largest absolute Gasteiger partial charge is 0.454 e. The summed E-state index contributed by atoms with van der Waals surface area (Å²) in [6.45, 7) is 0.0690. The number of amides is 1. The number of hydrogen-bond donors (Lipinski definition) is 2. The number of esters is 1. The number of benzene rings is 3. The number of ether oxygens (including phenoxy) is 4. The van der Waals surface area contributed by atoms with E-state index >= 15 is 0 Å². The van der Waals surface area contributed by atoms with Crippen molar-refractivity contribution in [3.8, 4) is 11.5 Å². The first-order valence-electron chi connectivity index (χ1n) is 11.6. The molecule has 0 bridgehead atoms. The van der Waals surface area contributed by atoms with E-state index in [0.717, 1.165) is 0 Å². The maximum absolute atomic E-state index is 13.8. The minimum Gasteiger partial charge on any atom is -0.454 e. The summed E-state index contributed by atoms with van der Waals surface area (Å²) in [7, 11) is 0. The van der Waals surface area contributed by atoms with Gasteiger partial charge in [-0.3, -0.25) is 14.4 Å². The van der Waals surface area contributed by atoms with Crippen LogP contribution in [0.4, 0.5) is 5.69 Å². The van der Waals surface area contributed by atoms with Gasteiger partial charge in [0.2, 0.25) is 24.1 Å². The van der Waals surface area contributed by atoms with Gasteiger partial charge in [-0.05, 0) is 29.8 Å². The molecule has 9 nitrogen and oxygen atoms in total. The zero-order valence-electron chi connectivity index (χ0n) is 19.0. The van der Waals surface area contributed by atoms with Gasteiger partial charge in [-0.1, -0.05) is 48.0 Å². The summed E-state index contributed by atoms with van der Waals surface area (Å²) in [6.07, 6.45) is -1.06. The summed E-state index contributed by atoms with van der Waals surface area (Å²) in [5.41, 5.74) is -0.919. The average Bonchev–Trinajstić information content (AvgIpc) is 3.60. The Balaban J connectivity index is 1.35. The molecule has 1 aliphatic carbocycles. The fraction of sp³-hybridized carbons (Fsp3) is 0.222. The lowest BCUT2D eigenvalue weighted by Crippen LogP contribution is -2.53. The van der Waals surface area contributed by atoms with Gasteiger partial charge in [0, 0.05) is 27.9 Å². The zero-order chi connectivity index (χ0) is 25.5. The monoisotopic (exact) mass is 519 g/mol. The smallest absolute Gasteiger partial charge is 0.316 e. The van der Waals surface area contributed by atoms with E-state index in [1.54, 1.807) is 54.6 Å². The van der Waals surface area contributed by atoms with Crippen LogP contribution in [0.25, 0.3) is 0 Å². The topological polar surface area (TPSA) is 120 Å². The third kappa shape index (κ3) is 2.84. The van der Waals surface area contributed by atoms with E-state index in [4.69, 9.17) is 30.5 Å². The van der Waals surface area contributed by atoms with E-state index in [1.807, 2.05) is 0 Å². The molecule has 0 saturated carbocycles. The van der Waals surface area contributed by atoms with E-state index in [0.29, 0.717) is 27.8 Å². The maximum atomic E-state index is 13.8. The normalized spacial score (nSPS) is 30.5. The standard InChI is InChI=1S/C27H18ClNO8/c28-14-7-5-13(6-8-14)22-20(24(31)29-15-9-10-18-19(11-15)35-12-34-18)21-25(32)37-27(33)17-4-2-1-3-16(17)23(30)26(21,27)36-22/h1-11,20-22,33H,12H2,(H,29,31). The van der Waals surface area contributed by atoms with Crippen LogP contribution in [0.1, 0.15) is 27.6 Å². The first-order valence-corrected chi connectivity index (χ1v) is 11.9. The predicted molar refractivity (Wildman–Crippen MR) is 127 cm³/mol. The van der Waals surface area contributed by atoms with Crippen molar-refractivity contribution in [1.82, 2.24) is 0 Å². The fourth-order valence-electron chi connectivity index (χ4n) is 5.86. The number of nitrogens with one attached hydrogen (secondary N) is 1. The van der Waals surface area contributed by atoms with Crippen molar-refractivity contribution in [2.75, 3.05) is 12.1 Å². The molecule has 3 heterocycles. The Morgan fingerprint density at radius 3 is 2.57 bits per heavy atom. The van der Waals surface area contributed by atoms with Crippen molar-refractivity contribution in [3.63, 3.8) is 0 Å². The third-order valence-corrected chi connectivity index (χ3v) is 7.71. The minimum absolute atomic E-state index is 0.0690. The number of anilines is 1. The van der Waals surface area contributed by atoms with Crippen LogP contribution in [0.2, 0.25) is 5.02 Å². The molecular weight excluding hydrogens is 502 g/mol. The van der Waals surface area contributed by atoms with Crippen LogP contribution >= 0.6 is 11.6 Å². The summed E-state index contributed by atoms with van der Waals surface area (Å²) >= 11 is 6.07. The molecule has 0 aromatic heterocycles. The highest BCUT2D eigenvalue weighted by molar-refractivity contribution is 6.30. The van der Waals surface area contributed by atoms with E-state index in [9.17, 15) is 19.5 Å². The lowest BCUT2D eigenvalue weighted by molar-refractivity contribution is -0.253. The van der Waals surface area contributed by atoms with Crippen LogP contribution in [0, 0.1) is 11.8 Å². The summed E-state index contributed by atoms with van der Waals surface area (Å²) in [5, 5.41) is 15.0. The lowest BCUT2D eigenvalue weighted by atomic mass is 9.75. The van der Waals surface area contributed by atoms with Gasteiger partial charge < -0.3 is 29.4 Å². The summed E-state index contributed by atoms with van der Waals surface area (Å²) in [4.78, 5) is 41.0. The molecule has 2 saturated heterocycles. The quantitative estimate of drug-likeness (QED) is 0.505. The van der Waals surface area contributed by atoms with Gasteiger partial charge >= 0.3 is 5.97 Å². The average molecular weight is 520 g/mol. The second-order valence-corrected chi connectivity index (χ2v) is 9.76. The summed E-state index contributed by atoms with van der Waals surface area (Å²) in [6, 6.07) is 17.8. The van der Waals surface area contributed by atoms with Crippen molar-refractivity contribution in [3.05, 3.63) is 88.4 Å². The second kappa shape index (κ2) is 7.55. The Hall–Kier alpha value is -3.92. The second-order valence-electron chi connectivity index (χ2n) is 9.33. The number of halogens is 1. The first-order chi connectivity index (χ1) is 17.8. The molecule has 7 rings (SSSR count).